The number of hydrogen-bond acceptors (Lipinski definition) is 4. The third-order valence-corrected chi connectivity index (χ3v) is 3.25. The van der Waals surface area contributed by atoms with Crippen LogP contribution < -0.4 is 20.3 Å². The summed E-state index contributed by atoms with van der Waals surface area (Å²) in [5, 5.41) is 0.304. The van der Waals surface area contributed by atoms with Crippen LogP contribution in [0, 0.1) is 5.92 Å². The number of ether oxygens (including phenoxy) is 2. The molecule has 1 heterocycles. The Morgan fingerprint density at radius 2 is 1.95 bits per heavy atom. The number of rotatable bonds is 3. The molecule has 1 aromatic carbocycles. The fourth-order valence-corrected chi connectivity index (χ4v) is 2.25. The van der Waals surface area contributed by atoms with Crippen molar-refractivity contribution in [1.29, 1.82) is 0 Å². The summed E-state index contributed by atoms with van der Waals surface area (Å²) >= 11 is 6.12. The number of amides is 2. The van der Waals surface area contributed by atoms with Gasteiger partial charge >= 0.3 is 0 Å². The van der Waals surface area contributed by atoms with E-state index in [2.05, 4.69) is 10.9 Å². The summed E-state index contributed by atoms with van der Waals surface area (Å²) in [7, 11) is 0. The average molecular weight is 327 g/mol. The number of fused-ring (bicyclic) bond motifs is 1. The normalized spacial score (nSPS) is 13.5. The van der Waals surface area contributed by atoms with Gasteiger partial charge in [-0.05, 0) is 18.1 Å². The van der Waals surface area contributed by atoms with Crippen molar-refractivity contribution in [2.24, 2.45) is 5.92 Å². The maximum absolute atomic E-state index is 12.1. The molecule has 0 fully saturated rings. The van der Waals surface area contributed by atoms with Gasteiger partial charge in [0.1, 0.15) is 0 Å². The second-order valence-electron chi connectivity index (χ2n) is 5.44. The molecule has 22 heavy (non-hydrogen) atoms. The zero-order valence-electron chi connectivity index (χ0n) is 12.6. The molecule has 0 aromatic heterocycles. The van der Waals surface area contributed by atoms with Gasteiger partial charge < -0.3 is 9.47 Å². The van der Waals surface area contributed by atoms with E-state index >= 15 is 0 Å². The van der Waals surface area contributed by atoms with Crippen molar-refractivity contribution in [2.45, 2.75) is 26.7 Å². The molecule has 1 aliphatic heterocycles. The minimum absolute atomic E-state index is 0.212. The van der Waals surface area contributed by atoms with E-state index in [9.17, 15) is 9.59 Å². The molecule has 6 nitrogen and oxygen atoms in total. The van der Waals surface area contributed by atoms with Gasteiger partial charge in [0.25, 0.3) is 5.91 Å². The van der Waals surface area contributed by atoms with E-state index in [0.717, 1.165) is 6.42 Å². The molecular weight excluding hydrogens is 308 g/mol. The molecule has 0 atom stereocenters. The number of carbonyl (C=O) groups is 2. The number of benzene rings is 1. The lowest BCUT2D eigenvalue weighted by Gasteiger charge is -2.12. The predicted octanol–water partition coefficient (Wildman–Crippen LogP) is 2.31. The molecule has 2 rings (SSSR count). The van der Waals surface area contributed by atoms with Crippen molar-refractivity contribution in [2.75, 3.05) is 13.2 Å². The first-order valence-electron chi connectivity index (χ1n) is 7.15. The summed E-state index contributed by atoms with van der Waals surface area (Å²) < 4.78 is 11.0. The highest BCUT2D eigenvalue weighted by molar-refractivity contribution is 6.32. The molecule has 0 aliphatic carbocycles. The van der Waals surface area contributed by atoms with E-state index in [-0.39, 0.29) is 11.8 Å². The molecule has 1 aromatic rings. The van der Waals surface area contributed by atoms with Crippen LogP contribution in [0.3, 0.4) is 0 Å². The van der Waals surface area contributed by atoms with Crippen LogP contribution in [0.2, 0.25) is 5.02 Å². The summed E-state index contributed by atoms with van der Waals surface area (Å²) in [4.78, 5) is 23.6. The summed E-state index contributed by atoms with van der Waals surface area (Å²) in [6.45, 7) is 4.86. The Labute approximate surface area is 134 Å². The molecule has 0 spiro atoms. The Morgan fingerprint density at radius 3 is 2.68 bits per heavy atom. The van der Waals surface area contributed by atoms with Crippen LogP contribution >= 0.6 is 11.6 Å². The largest absolute Gasteiger partial charge is 0.489 e. The monoisotopic (exact) mass is 326 g/mol. The van der Waals surface area contributed by atoms with Crippen LogP contribution in [0.15, 0.2) is 12.1 Å². The van der Waals surface area contributed by atoms with E-state index in [1.807, 2.05) is 13.8 Å². The van der Waals surface area contributed by atoms with Crippen LogP contribution in [-0.4, -0.2) is 25.0 Å². The Morgan fingerprint density at radius 1 is 1.23 bits per heavy atom. The molecule has 120 valence electrons. The summed E-state index contributed by atoms with van der Waals surface area (Å²) in [6.07, 6.45) is 1.08. The van der Waals surface area contributed by atoms with Crippen LogP contribution in [-0.2, 0) is 4.79 Å². The van der Waals surface area contributed by atoms with Gasteiger partial charge in [-0.25, -0.2) is 0 Å². The average Bonchev–Trinajstić information content (AvgIpc) is 2.69. The summed E-state index contributed by atoms with van der Waals surface area (Å²) in [6, 6.07) is 3.04. The van der Waals surface area contributed by atoms with E-state index in [1.54, 1.807) is 6.07 Å². The van der Waals surface area contributed by atoms with Crippen molar-refractivity contribution in [3.05, 3.63) is 22.7 Å². The van der Waals surface area contributed by atoms with E-state index < -0.39 is 5.91 Å². The smallest absolute Gasteiger partial charge is 0.269 e. The SMILES string of the molecule is CC(C)CC(=O)NNC(=O)c1cc(Cl)c2c(c1)OCCCO2. The van der Waals surface area contributed by atoms with Crippen molar-refractivity contribution >= 4 is 23.4 Å². The molecule has 0 bridgehead atoms. The van der Waals surface area contributed by atoms with Crippen LogP contribution in [0.25, 0.3) is 0 Å². The van der Waals surface area contributed by atoms with Crippen molar-refractivity contribution in [3.63, 3.8) is 0 Å². The maximum atomic E-state index is 12.1. The molecule has 0 unspecified atom stereocenters. The summed E-state index contributed by atoms with van der Waals surface area (Å²) in [5.41, 5.74) is 5.02. The van der Waals surface area contributed by atoms with E-state index in [4.69, 9.17) is 21.1 Å². The predicted molar refractivity (Wildman–Crippen MR) is 82.1 cm³/mol. The van der Waals surface area contributed by atoms with Gasteiger partial charge in [0.2, 0.25) is 5.91 Å². The zero-order chi connectivity index (χ0) is 16.1. The van der Waals surface area contributed by atoms with Crippen LogP contribution in [0.4, 0.5) is 0 Å². The molecule has 7 heteroatoms. The number of nitrogens with one attached hydrogen (secondary N) is 2. The molecule has 0 radical (unpaired) electrons. The van der Waals surface area contributed by atoms with Gasteiger partial charge in [0.15, 0.2) is 11.5 Å². The molecule has 1 aliphatic rings. The van der Waals surface area contributed by atoms with Crippen molar-refractivity contribution in [1.82, 2.24) is 10.9 Å². The maximum Gasteiger partial charge on any atom is 0.269 e. The van der Waals surface area contributed by atoms with E-state index in [1.165, 1.54) is 6.07 Å². The molecule has 2 amide bonds. The van der Waals surface area contributed by atoms with Crippen LogP contribution in [0.1, 0.15) is 37.0 Å². The molecule has 0 saturated carbocycles. The quantitative estimate of drug-likeness (QED) is 0.836. The molecule has 0 saturated heterocycles. The fourth-order valence-electron chi connectivity index (χ4n) is 1.98. The minimum atomic E-state index is -0.463. The highest BCUT2D eigenvalue weighted by atomic mass is 35.5. The fraction of sp³-hybridized carbons (Fsp3) is 0.467. The Bertz CT molecular complexity index is 575. The molecular formula is C15H19ClN2O4. The third kappa shape index (κ3) is 4.27. The van der Waals surface area contributed by atoms with Crippen molar-refractivity contribution < 1.29 is 19.1 Å². The highest BCUT2D eigenvalue weighted by Gasteiger charge is 2.18. The first kappa shape index (κ1) is 16.4. The number of carbonyl (C=O) groups excluding carboxylic acids is 2. The van der Waals surface area contributed by atoms with Gasteiger partial charge in [0.05, 0.1) is 18.2 Å². The minimum Gasteiger partial charge on any atom is -0.489 e. The first-order valence-corrected chi connectivity index (χ1v) is 7.53. The van der Waals surface area contributed by atoms with E-state index in [0.29, 0.717) is 41.7 Å². The zero-order valence-corrected chi connectivity index (χ0v) is 13.3. The van der Waals surface area contributed by atoms with Gasteiger partial charge in [-0.3, -0.25) is 20.4 Å². The van der Waals surface area contributed by atoms with Gasteiger partial charge in [-0.15, -0.1) is 0 Å². The Hall–Kier alpha value is -1.95. The summed E-state index contributed by atoms with van der Waals surface area (Å²) in [5.74, 6) is 0.381. The van der Waals surface area contributed by atoms with Gasteiger partial charge in [0, 0.05) is 18.4 Å². The van der Waals surface area contributed by atoms with Crippen molar-refractivity contribution in [3.8, 4) is 11.5 Å². The highest BCUT2D eigenvalue weighted by Crippen LogP contribution is 2.37. The number of halogens is 1. The van der Waals surface area contributed by atoms with Crippen LogP contribution in [0.5, 0.6) is 11.5 Å². The van der Waals surface area contributed by atoms with Gasteiger partial charge in [-0.2, -0.15) is 0 Å². The lowest BCUT2D eigenvalue weighted by molar-refractivity contribution is -0.122. The molecule has 2 N–H and O–H groups in total. The standard InChI is InChI=1S/C15H19ClN2O4/c1-9(2)6-13(19)17-18-15(20)10-7-11(16)14-12(8-10)21-4-3-5-22-14/h7-9H,3-6H2,1-2H3,(H,17,19)(H,18,20). The Balaban J connectivity index is 2.05. The second kappa shape index (κ2) is 7.35. The Kier molecular flexibility index (Phi) is 5.49. The third-order valence-electron chi connectivity index (χ3n) is 2.97. The topological polar surface area (TPSA) is 76.7 Å². The first-order chi connectivity index (χ1) is 10.5. The number of hydrogen-bond donors (Lipinski definition) is 2. The number of hydrazine groups is 1. The lowest BCUT2D eigenvalue weighted by atomic mass is 10.1. The second-order valence-corrected chi connectivity index (χ2v) is 5.84. The van der Waals surface area contributed by atoms with Gasteiger partial charge in [-0.1, -0.05) is 25.4 Å². The lowest BCUT2D eigenvalue weighted by Crippen LogP contribution is -2.42.